The summed E-state index contributed by atoms with van der Waals surface area (Å²) in [5.41, 5.74) is 1.65. The van der Waals surface area contributed by atoms with Gasteiger partial charge in [0.05, 0.1) is 5.60 Å². The highest BCUT2D eigenvalue weighted by molar-refractivity contribution is 5.15. The van der Waals surface area contributed by atoms with Gasteiger partial charge >= 0.3 is 0 Å². The Balaban J connectivity index is 1.52. The first kappa shape index (κ1) is 17.5. The van der Waals surface area contributed by atoms with Crippen LogP contribution in [-0.4, -0.2) is 53.7 Å². The van der Waals surface area contributed by atoms with E-state index in [4.69, 9.17) is 4.74 Å². The van der Waals surface area contributed by atoms with Crippen LogP contribution in [0.4, 0.5) is 0 Å². The molecule has 4 rings (SSSR count). The second-order valence-electron chi connectivity index (χ2n) is 8.30. The molecule has 138 valence electrons. The predicted molar refractivity (Wildman–Crippen MR) is 103 cm³/mol. The van der Waals surface area contributed by atoms with E-state index in [0.29, 0.717) is 12.1 Å². The van der Waals surface area contributed by atoms with Crippen LogP contribution < -0.4 is 0 Å². The van der Waals surface area contributed by atoms with E-state index in [9.17, 15) is 0 Å². The van der Waals surface area contributed by atoms with Crippen LogP contribution in [-0.2, 0) is 11.3 Å². The van der Waals surface area contributed by atoms with Crippen LogP contribution in [0.15, 0.2) is 30.3 Å². The molecule has 0 radical (unpaired) electrons. The SMILES string of the molecule is CCN(Cc1ccccc1)[C@@H]1CC[C@]2(CCCO2)C[C@H]1N1CCCC1. The van der Waals surface area contributed by atoms with Gasteiger partial charge in [-0.05, 0) is 70.1 Å². The molecule has 3 fully saturated rings. The van der Waals surface area contributed by atoms with Crippen LogP contribution in [0.25, 0.3) is 0 Å². The predicted octanol–water partition coefficient (Wildman–Crippen LogP) is 4.07. The molecule has 3 nitrogen and oxygen atoms in total. The minimum absolute atomic E-state index is 0.204. The van der Waals surface area contributed by atoms with Gasteiger partial charge in [-0.15, -0.1) is 0 Å². The standard InChI is InChI=1S/C22H34N2O/c1-2-23(18-19-9-4-3-5-10-19)20-11-13-22(12-8-16-25-22)17-21(20)24-14-6-7-15-24/h3-5,9-10,20-21H,2,6-8,11-18H2,1H3/t20-,21-,22-/m1/s1. The van der Waals surface area contributed by atoms with Crippen molar-refractivity contribution in [3.8, 4) is 0 Å². The second kappa shape index (κ2) is 7.77. The van der Waals surface area contributed by atoms with Gasteiger partial charge in [0, 0.05) is 25.2 Å². The van der Waals surface area contributed by atoms with Crippen molar-refractivity contribution in [3.63, 3.8) is 0 Å². The largest absolute Gasteiger partial charge is 0.375 e. The number of hydrogen-bond donors (Lipinski definition) is 0. The number of hydrogen-bond acceptors (Lipinski definition) is 3. The molecular formula is C22H34N2O. The van der Waals surface area contributed by atoms with Gasteiger partial charge in [0.15, 0.2) is 0 Å². The minimum atomic E-state index is 0.204. The zero-order valence-corrected chi connectivity index (χ0v) is 15.8. The van der Waals surface area contributed by atoms with Crippen LogP contribution in [0.2, 0.25) is 0 Å². The fourth-order valence-electron chi connectivity index (χ4n) is 5.49. The summed E-state index contributed by atoms with van der Waals surface area (Å²) in [5.74, 6) is 0. The smallest absolute Gasteiger partial charge is 0.0699 e. The number of benzene rings is 1. The van der Waals surface area contributed by atoms with Crippen molar-refractivity contribution in [1.82, 2.24) is 9.80 Å². The third kappa shape index (κ3) is 3.79. The summed E-state index contributed by atoms with van der Waals surface area (Å²) in [4.78, 5) is 5.53. The Morgan fingerprint density at radius 2 is 1.92 bits per heavy atom. The Bertz CT molecular complexity index is 534. The van der Waals surface area contributed by atoms with Crippen LogP contribution >= 0.6 is 0 Å². The van der Waals surface area contributed by atoms with Crippen molar-refractivity contribution >= 4 is 0 Å². The molecule has 1 aliphatic carbocycles. The summed E-state index contributed by atoms with van der Waals surface area (Å²) in [5, 5.41) is 0. The topological polar surface area (TPSA) is 15.7 Å². The third-order valence-electron chi connectivity index (χ3n) is 6.82. The van der Waals surface area contributed by atoms with Gasteiger partial charge in [0.2, 0.25) is 0 Å². The Morgan fingerprint density at radius 3 is 2.60 bits per heavy atom. The number of likely N-dealkylation sites (tertiary alicyclic amines) is 1. The molecule has 1 spiro atoms. The van der Waals surface area contributed by atoms with E-state index >= 15 is 0 Å². The van der Waals surface area contributed by atoms with Gasteiger partial charge in [-0.3, -0.25) is 9.80 Å². The Kier molecular flexibility index (Phi) is 5.44. The lowest BCUT2D eigenvalue weighted by molar-refractivity contribution is -0.0759. The minimum Gasteiger partial charge on any atom is -0.375 e. The zero-order valence-electron chi connectivity index (χ0n) is 15.8. The molecule has 3 heteroatoms. The van der Waals surface area contributed by atoms with Gasteiger partial charge in [-0.25, -0.2) is 0 Å². The van der Waals surface area contributed by atoms with Gasteiger partial charge in [0.1, 0.15) is 0 Å². The molecule has 3 aliphatic rings. The molecular weight excluding hydrogens is 308 g/mol. The summed E-state index contributed by atoms with van der Waals surface area (Å²) < 4.78 is 6.31. The Hall–Kier alpha value is -0.900. The lowest BCUT2D eigenvalue weighted by atomic mass is 9.76. The molecule has 2 heterocycles. The van der Waals surface area contributed by atoms with Gasteiger partial charge in [-0.1, -0.05) is 37.3 Å². The van der Waals surface area contributed by atoms with Gasteiger partial charge < -0.3 is 4.74 Å². The molecule has 1 saturated carbocycles. The molecule has 25 heavy (non-hydrogen) atoms. The van der Waals surface area contributed by atoms with Crippen molar-refractivity contribution in [1.29, 1.82) is 0 Å². The van der Waals surface area contributed by atoms with Crippen LogP contribution in [0.1, 0.15) is 57.4 Å². The van der Waals surface area contributed by atoms with Crippen molar-refractivity contribution in [2.45, 2.75) is 76.1 Å². The summed E-state index contributed by atoms with van der Waals surface area (Å²) in [7, 11) is 0. The first-order valence-electron chi connectivity index (χ1n) is 10.5. The highest BCUT2D eigenvalue weighted by Crippen LogP contribution is 2.43. The second-order valence-corrected chi connectivity index (χ2v) is 8.30. The molecule has 2 aliphatic heterocycles. The van der Waals surface area contributed by atoms with Gasteiger partial charge in [-0.2, -0.15) is 0 Å². The number of likely N-dealkylation sites (N-methyl/N-ethyl adjacent to an activating group) is 1. The van der Waals surface area contributed by atoms with Gasteiger partial charge in [0.25, 0.3) is 0 Å². The molecule has 0 N–H and O–H groups in total. The summed E-state index contributed by atoms with van der Waals surface area (Å²) in [6, 6.07) is 12.4. The molecule has 2 saturated heterocycles. The van der Waals surface area contributed by atoms with Crippen molar-refractivity contribution in [2.24, 2.45) is 0 Å². The fourth-order valence-corrected chi connectivity index (χ4v) is 5.49. The van der Waals surface area contributed by atoms with E-state index in [1.54, 1.807) is 0 Å². The first-order valence-corrected chi connectivity index (χ1v) is 10.5. The quantitative estimate of drug-likeness (QED) is 0.802. The van der Waals surface area contributed by atoms with Crippen molar-refractivity contribution in [2.75, 3.05) is 26.2 Å². The molecule has 1 aromatic carbocycles. The van der Waals surface area contributed by atoms with E-state index < -0.39 is 0 Å². The highest BCUT2D eigenvalue weighted by Gasteiger charge is 2.47. The third-order valence-corrected chi connectivity index (χ3v) is 6.82. The Labute approximate surface area is 153 Å². The van der Waals surface area contributed by atoms with Crippen LogP contribution in [0.5, 0.6) is 0 Å². The lowest BCUT2D eigenvalue weighted by Gasteiger charge is -2.49. The molecule has 0 amide bonds. The molecule has 1 aromatic rings. The fraction of sp³-hybridized carbons (Fsp3) is 0.727. The van der Waals surface area contributed by atoms with E-state index in [-0.39, 0.29) is 5.60 Å². The van der Waals surface area contributed by atoms with Crippen molar-refractivity contribution in [3.05, 3.63) is 35.9 Å². The maximum Gasteiger partial charge on any atom is 0.0699 e. The summed E-state index contributed by atoms with van der Waals surface area (Å²) in [6.45, 7) is 8.12. The van der Waals surface area contributed by atoms with E-state index in [1.807, 2.05) is 0 Å². The first-order chi connectivity index (χ1) is 12.3. The summed E-state index contributed by atoms with van der Waals surface area (Å²) >= 11 is 0. The monoisotopic (exact) mass is 342 g/mol. The molecule has 0 unspecified atom stereocenters. The maximum absolute atomic E-state index is 6.31. The molecule has 0 bridgehead atoms. The normalized spacial score (nSPS) is 33.5. The number of rotatable bonds is 5. The highest BCUT2D eigenvalue weighted by atomic mass is 16.5. The van der Waals surface area contributed by atoms with E-state index in [2.05, 4.69) is 47.1 Å². The lowest BCUT2D eigenvalue weighted by Crippen LogP contribution is -2.57. The van der Waals surface area contributed by atoms with E-state index in [0.717, 1.165) is 19.7 Å². The summed E-state index contributed by atoms with van der Waals surface area (Å²) in [6.07, 6.45) is 9.11. The van der Waals surface area contributed by atoms with Crippen LogP contribution in [0, 0.1) is 0 Å². The Morgan fingerprint density at radius 1 is 1.12 bits per heavy atom. The average Bonchev–Trinajstić information content (AvgIpc) is 3.33. The number of nitrogens with zero attached hydrogens (tertiary/aromatic N) is 2. The number of ether oxygens (including phenoxy) is 1. The maximum atomic E-state index is 6.31. The van der Waals surface area contributed by atoms with Crippen LogP contribution in [0.3, 0.4) is 0 Å². The average molecular weight is 343 g/mol. The molecule has 0 aromatic heterocycles. The molecule has 3 atom stereocenters. The zero-order chi connectivity index (χ0) is 17.1. The van der Waals surface area contributed by atoms with Crippen molar-refractivity contribution < 1.29 is 4.74 Å². The van der Waals surface area contributed by atoms with E-state index in [1.165, 1.54) is 63.6 Å².